The summed E-state index contributed by atoms with van der Waals surface area (Å²) in [6.45, 7) is 3.74. The molecule has 1 heterocycles. The normalized spacial score (nSPS) is 11.5. The number of rotatable bonds is 6. The summed E-state index contributed by atoms with van der Waals surface area (Å²) in [7, 11) is -2.55. The molecule has 28 heavy (non-hydrogen) atoms. The van der Waals surface area contributed by atoms with Crippen LogP contribution in [-0.2, 0) is 10.0 Å². The van der Waals surface area contributed by atoms with E-state index in [9.17, 15) is 18.5 Å². The predicted molar refractivity (Wildman–Crippen MR) is 104 cm³/mol. The van der Waals surface area contributed by atoms with Crippen LogP contribution in [-0.4, -0.2) is 35.2 Å². The average Bonchev–Trinajstić information content (AvgIpc) is 3.02. The van der Waals surface area contributed by atoms with E-state index >= 15 is 0 Å². The van der Waals surface area contributed by atoms with Crippen molar-refractivity contribution in [2.24, 2.45) is 0 Å². The zero-order chi connectivity index (χ0) is 20.5. The van der Waals surface area contributed by atoms with Crippen molar-refractivity contribution in [2.75, 3.05) is 7.05 Å². The summed E-state index contributed by atoms with van der Waals surface area (Å²) in [5.41, 5.74) is 1.54. The van der Waals surface area contributed by atoms with Gasteiger partial charge in [-0.1, -0.05) is 18.2 Å². The lowest BCUT2D eigenvalue weighted by molar-refractivity contribution is -0.388. The summed E-state index contributed by atoms with van der Waals surface area (Å²) in [4.78, 5) is 11.0. The molecule has 0 atom stereocenters. The van der Waals surface area contributed by atoms with Crippen LogP contribution in [0.2, 0.25) is 0 Å². The summed E-state index contributed by atoms with van der Waals surface area (Å²) in [5.74, 6) is 0.633. The molecule has 0 unspecified atom stereocenters. The van der Waals surface area contributed by atoms with E-state index in [1.807, 2.05) is 35.8 Å². The third kappa shape index (κ3) is 3.77. The van der Waals surface area contributed by atoms with Crippen LogP contribution in [0.1, 0.15) is 11.4 Å². The van der Waals surface area contributed by atoms with Crippen LogP contribution in [0.3, 0.4) is 0 Å². The van der Waals surface area contributed by atoms with Crippen molar-refractivity contribution in [3.63, 3.8) is 0 Å². The van der Waals surface area contributed by atoms with Crippen LogP contribution in [0.25, 0.3) is 5.69 Å². The average molecular weight is 419 g/mol. The summed E-state index contributed by atoms with van der Waals surface area (Å²) < 4.78 is 27.9. The van der Waals surface area contributed by atoms with Gasteiger partial charge in [-0.2, -0.15) is 0 Å². The van der Waals surface area contributed by atoms with Gasteiger partial charge in [-0.3, -0.25) is 14.7 Å². The van der Waals surface area contributed by atoms with Crippen molar-refractivity contribution in [1.29, 1.82) is 0 Å². The number of aryl methyl sites for hydroxylation is 2. The Morgan fingerprint density at radius 1 is 1.14 bits per heavy atom. The second-order valence-electron chi connectivity index (χ2n) is 5.85. The SMILES string of the molecule is CNS(=O)(=O)c1ccc(Sc2nnc(C)n2-c2ccccc2C)c([N+](=O)[O-])c1. The van der Waals surface area contributed by atoms with Gasteiger partial charge in [0, 0.05) is 6.07 Å². The van der Waals surface area contributed by atoms with E-state index in [-0.39, 0.29) is 15.5 Å². The van der Waals surface area contributed by atoms with Crippen LogP contribution in [0, 0.1) is 24.0 Å². The van der Waals surface area contributed by atoms with Gasteiger partial charge in [0.1, 0.15) is 5.82 Å². The van der Waals surface area contributed by atoms with Crippen LogP contribution < -0.4 is 4.72 Å². The largest absolute Gasteiger partial charge is 0.284 e. The van der Waals surface area contributed by atoms with Crippen molar-refractivity contribution in [2.45, 2.75) is 28.8 Å². The summed E-state index contributed by atoms with van der Waals surface area (Å²) >= 11 is 1.05. The van der Waals surface area contributed by atoms with E-state index < -0.39 is 14.9 Å². The minimum atomic E-state index is -3.79. The minimum absolute atomic E-state index is 0.178. The third-order valence-electron chi connectivity index (χ3n) is 4.06. The Balaban J connectivity index is 2.09. The first-order valence-corrected chi connectivity index (χ1v) is 10.4. The molecule has 0 saturated heterocycles. The van der Waals surface area contributed by atoms with Crippen LogP contribution in [0.4, 0.5) is 5.69 Å². The van der Waals surface area contributed by atoms with Crippen LogP contribution >= 0.6 is 11.8 Å². The third-order valence-corrected chi connectivity index (χ3v) is 6.48. The van der Waals surface area contributed by atoms with E-state index in [1.54, 1.807) is 6.92 Å². The molecule has 0 aliphatic heterocycles. The number of para-hydroxylation sites is 1. The van der Waals surface area contributed by atoms with E-state index in [2.05, 4.69) is 14.9 Å². The van der Waals surface area contributed by atoms with E-state index in [0.29, 0.717) is 11.0 Å². The molecule has 0 bridgehead atoms. The topological polar surface area (TPSA) is 120 Å². The fourth-order valence-electron chi connectivity index (χ4n) is 2.61. The fourth-order valence-corrected chi connectivity index (χ4v) is 4.33. The quantitative estimate of drug-likeness (QED) is 0.482. The smallest absolute Gasteiger partial charge is 0.274 e. The van der Waals surface area contributed by atoms with Gasteiger partial charge in [0.25, 0.3) is 5.69 Å². The van der Waals surface area contributed by atoms with E-state index in [1.165, 1.54) is 19.2 Å². The number of nitro benzene ring substituents is 1. The molecule has 146 valence electrons. The molecule has 2 aromatic carbocycles. The highest BCUT2D eigenvalue weighted by Gasteiger charge is 2.23. The Labute approximate surface area is 166 Å². The molecule has 9 nitrogen and oxygen atoms in total. The molecule has 0 amide bonds. The van der Waals surface area contributed by atoms with Crippen LogP contribution in [0.15, 0.2) is 57.4 Å². The lowest BCUT2D eigenvalue weighted by atomic mass is 10.2. The minimum Gasteiger partial charge on any atom is -0.274 e. The molecule has 1 N–H and O–H groups in total. The van der Waals surface area contributed by atoms with Gasteiger partial charge < -0.3 is 0 Å². The van der Waals surface area contributed by atoms with Gasteiger partial charge in [0.15, 0.2) is 0 Å². The molecule has 3 rings (SSSR count). The number of sulfonamides is 1. The summed E-state index contributed by atoms with van der Waals surface area (Å²) in [6, 6.07) is 11.4. The van der Waals surface area contributed by atoms with E-state index in [0.717, 1.165) is 29.1 Å². The highest BCUT2D eigenvalue weighted by molar-refractivity contribution is 7.99. The van der Waals surface area contributed by atoms with Gasteiger partial charge in [-0.25, -0.2) is 13.1 Å². The number of hydrogen-bond donors (Lipinski definition) is 1. The first kappa shape index (κ1) is 20.0. The zero-order valence-electron chi connectivity index (χ0n) is 15.3. The zero-order valence-corrected chi connectivity index (χ0v) is 16.9. The number of hydrogen-bond acceptors (Lipinski definition) is 7. The summed E-state index contributed by atoms with van der Waals surface area (Å²) in [5, 5.41) is 20.2. The maximum atomic E-state index is 12.0. The second-order valence-corrected chi connectivity index (χ2v) is 8.74. The van der Waals surface area contributed by atoms with Gasteiger partial charge in [-0.15, -0.1) is 10.2 Å². The highest BCUT2D eigenvalue weighted by Crippen LogP contribution is 2.36. The standard InChI is InChI=1S/C17H17N5O4S2/c1-11-6-4-5-7-14(11)21-12(2)19-20-17(21)27-16-9-8-13(28(25,26)18-3)10-15(16)22(23)24/h4-10,18H,1-3H3. The molecule has 0 radical (unpaired) electrons. The van der Waals surface area contributed by atoms with E-state index in [4.69, 9.17) is 0 Å². The van der Waals surface area contributed by atoms with Gasteiger partial charge in [-0.05, 0) is 56.4 Å². The Morgan fingerprint density at radius 2 is 1.86 bits per heavy atom. The van der Waals surface area contributed by atoms with Crippen molar-refractivity contribution in [3.8, 4) is 5.69 Å². The molecule has 0 aliphatic carbocycles. The highest BCUT2D eigenvalue weighted by atomic mass is 32.2. The monoisotopic (exact) mass is 419 g/mol. The Bertz CT molecular complexity index is 1160. The van der Waals surface area contributed by atoms with Crippen LogP contribution in [0.5, 0.6) is 0 Å². The molecule has 3 aromatic rings. The van der Waals surface area contributed by atoms with Gasteiger partial charge in [0.2, 0.25) is 15.2 Å². The molecular weight excluding hydrogens is 402 g/mol. The second kappa shape index (κ2) is 7.70. The molecular formula is C17H17N5O4S2. The van der Waals surface area contributed by atoms with Crippen molar-refractivity contribution >= 4 is 27.5 Å². The van der Waals surface area contributed by atoms with Gasteiger partial charge in [0.05, 0.1) is 20.4 Å². The number of nitro groups is 1. The Hall–Kier alpha value is -2.76. The molecule has 11 heteroatoms. The van der Waals surface area contributed by atoms with Crippen molar-refractivity contribution in [3.05, 3.63) is 64.0 Å². The predicted octanol–water partition coefficient (Wildman–Crippen LogP) is 2.85. The van der Waals surface area contributed by atoms with Gasteiger partial charge >= 0.3 is 0 Å². The maximum absolute atomic E-state index is 12.0. The first-order valence-electron chi connectivity index (χ1n) is 8.12. The number of aromatic nitrogens is 3. The molecule has 0 spiro atoms. The lowest BCUT2D eigenvalue weighted by Crippen LogP contribution is -2.18. The molecule has 0 saturated carbocycles. The fraction of sp³-hybridized carbons (Fsp3) is 0.176. The number of benzene rings is 2. The molecule has 0 aliphatic rings. The Morgan fingerprint density at radius 3 is 2.50 bits per heavy atom. The summed E-state index contributed by atoms with van der Waals surface area (Å²) in [6.07, 6.45) is 0. The molecule has 1 aromatic heterocycles. The Kier molecular flexibility index (Phi) is 5.49. The maximum Gasteiger partial charge on any atom is 0.284 e. The number of nitrogens with one attached hydrogen (secondary N) is 1. The first-order chi connectivity index (χ1) is 13.2. The van der Waals surface area contributed by atoms with Crippen molar-refractivity contribution in [1.82, 2.24) is 19.5 Å². The van der Waals surface area contributed by atoms with Crippen molar-refractivity contribution < 1.29 is 13.3 Å². The molecule has 0 fully saturated rings. The number of nitrogens with zero attached hydrogens (tertiary/aromatic N) is 4. The lowest BCUT2D eigenvalue weighted by Gasteiger charge is -2.11.